The Bertz CT molecular complexity index is 487. The lowest BCUT2D eigenvalue weighted by Gasteiger charge is -2.25. The number of benzene rings is 1. The number of carboxylic acids is 2. The molecule has 0 aliphatic rings. The van der Waals surface area contributed by atoms with Crippen molar-refractivity contribution in [3.05, 3.63) is 35.4 Å². The average molecular weight is 258 g/mol. The molecule has 0 spiro atoms. The second kappa shape index (κ2) is 5.12. The Morgan fingerprint density at radius 1 is 1.28 bits per heavy atom. The van der Waals surface area contributed by atoms with Gasteiger partial charge in [-0.1, -0.05) is 6.07 Å². The molecule has 4 nitrogen and oxygen atoms in total. The van der Waals surface area contributed by atoms with E-state index < -0.39 is 35.4 Å². The van der Waals surface area contributed by atoms with Crippen LogP contribution in [0.4, 0.5) is 8.78 Å². The van der Waals surface area contributed by atoms with Gasteiger partial charge in [0, 0.05) is 18.1 Å². The number of rotatable bonds is 5. The molecule has 0 aromatic heterocycles. The van der Waals surface area contributed by atoms with E-state index in [0.717, 1.165) is 12.1 Å². The van der Waals surface area contributed by atoms with Crippen molar-refractivity contribution in [3.8, 4) is 0 Å². The molecule has 98 valence electrons. The lowest BCUT2D eigenvalue weighted by Crippen LogP contribution is -2.34. The molecule has 1 aromatic rings. The molecule has 0 amide bonds. The zero-order valence-corrected chi connectivity index (χ0v) is 9.61. The van der Waals surface area contributed by atoms with Crippen molar-refractivity contribution >= 4 is 11.9 Å². The molecule has 1 atom stereocenters. The summed E-state index contributed by atoms with van der Waals surface area (Å²) in [5.41, 5.74) is -1.92. The average Bonchev–Trinajstić information content (AvgIpc) is 2.25. The SMILES string of the molecule is CC(CCC(=O)O)(C(=O)O)c1ccc(F)cc1F. The van der Waals surface area contributed by atoms with Gasteiger partial charge < -0.3 is 10.2 Å². The fourth-order valence-electron chi connectivity index (χ4n) is 1.65. The lowest BCUT2D eigenvalue weighted by molar-refractivity contribution is -0.144. The van der Waals surface area contributed by atoms with E-state index in [4.69, 9.17) is 10.2 Å². The topological polar surface area (TPSA) is 74.6 Å². The minimum atomic E-state index is -1.70. The predicted octanol–water partition coefficient (Wildman–Crippen LogP) is 2.17. The van der Waals surface area contributed by atoms with Crippen LogP contribution >= 0.6 is 0 Å². The zero-order valence-electron chi connectivity index (χ0n) is 9.61. The first-order chi connectivity index (χ1) is 8.27. The van der Waals surface area contributed by atoms with Gasteiger partial charge in [-0.3, -0.25) is 9.59 Å². The van der Waals surface area contributed by atoms with Crippen molar-refractivity contribution in [1.29, 1.82) is 0 Å². The minimum Gasteiger partial charge on any atom is -0.481 e. The largest absolute Gasteiger partial charge is 0.481 e. The van der Waals surface area contributed by atoms with Gasteiger partial charge in [0.2, 0.25) is 0 Å². The summed E-state index contributed by atoms with van der Waals surface area (Å²) in [4.78, 5) is 21.7. The number of hydrogen-bond acceptors (Lipinski definition) is 2. The normalized spacial score (nSPS) is 13.9. The number of carboxylic acid groups (broad SMARTS) is 2. The third kappa shape index (κ3) is 2.82. The van der Waals surface area contributed by atoms with E-state index in [9.17, 15) is 18.4 Å². The first-order valence-electron chi connectivity index (χ1n) is 5.18. The van der Waals surface area contributed by atoms with E-state index in [-0.39, 0.29) is 12.0 Å². The zero-order chi connectivity index (χ0) is 13.9. The summed E-state index contributed by atoms with van der Waals surface area (Å²) in [7, 11) is 0. The summed E-state index contributed by atoms with van der Waals surface area (Å²) in [5, 5.41) is 17.7. The van der Waals surface area contributed by atoms with Gasteiger partial charge in [-0.25, -0.2) is 8.78 Å². The smallest absolute Gasteiger partial charge is 0.313 e. The van der Waals surface area contributed by atoms with Gasteiger partial charge in [-0.05, 0) is 19.4 Å². The summed E-state index contributed by atoms with van der Waals surface area (Å²) in [5.74, 6) is -4.34. The summed E-state index contributed by atoms with van der Waals surface area (Å²) in [6.07, 6.45) is -0.695. The molecule has 1 unspecified atom stereocenters. The van der Waals surface area contributed by atoms with Gasteiger partial charge in [0.25, 0.3) is 0 Å². The molecule has 0 saturated carbocycles. The van der Waals surface area contributed by atoms with E-state index in [2.05, 4.69) is 0 Å². The quantitative estimate of drug-likeness (QED) is 0.848. The van der Waals surface area contributed by atoms with Crippen molar-refractivity contribution in [2.45, 2.75) is 25.2 Å². The molecular weight excluding hydrogens is 246 g/mol. The maximum Gasteiger partial charge on any atom is 0.313 e. The molecule has 6 heteroatoms. The van der Waals surface area contributed by atoms with Crippen LogP contribution < -0.4 is 0 Å². The van der Waals surface area contributed by atoms with E-state index >= 15 is 0 Å². The van der Waals surface area contributed by atoms with Gasteiger partial charge in [0.15, 0.2) is 0 Å². The maximum absolute atomic E-state index is 13.6. The lowest BCUT2D eigenvalue weighted by atomic mass is 9.78. The summed E-state index contributed by atoms with van der Waals surface area (Å²) < 4.78 is 26.3. The van der Waals surface area contributed by atoms with Crippen molar-refractivity contribution in [1.82, 2.24) is 0 Å². The number of hydrogen-bond donors (Lipinski definition) is 2. The highest BCUT2D eigenvalue weighted by molar-refractivity contribution is 5.81. The third-order valence-electron chi connectivity index (χ3n) is 2.84. The van der Waals surface area contributed by atoms with E-state index in [1.54, 1.807) is 0 Å². The molecule has 0 bridgehead atoms. The summed E-state index contributed by atoms with van der Waals surface area (Å²) in [6.45, 7) is 1.22. The van der Waals surface area contributed by atoms with Gasteiger partial charge in [0.05, 0.1) is 5.41 Å². The molecule has 1 aromatic carbocycles. The van der Waals surface area contributed by atoms with Crippen LogP contribution in [0.5, 0.6) is 0 Å². The fourth-order valence-corrected chi connectivity index (χ4v) is 1.65. The molecule has 0 fully saturated rings. The Balaban J connectivity index is 3.18. The summed E-state index contributed by atoms with van der Waals surface area (Å²) in [6, 6.07) is 2.55. The summed E-state index contributed by atoms with van der Waals surface area (Å²) >= 11 is 0. The molecule has 1 rings (SSSR count). The van der Waals surface area contributed by atoms with Crippen LogP contribution in [-0.2, 0) is 15.0 Å². The molecule has 0 heterocycles. The Labute approximate surface area is 102 Å². The minimum absolute atomic E-state index is 0.224. The van der Waals surface area contributed by atoms with Crippen LogP contribution in [0.3, 0.4) is 0 Å². The fraction of sp³-hybridized carbons (Fsp3) is 0.333. The van der Waals surface area contributed by atoms with Gasteiger partial charge in [-0.2, -0.15) is 0 Å². The monoisotopic (exact) mass is 258 g/mol. The van der Waals surface area contributed by atoms with Crippen LogP contribution in [0.15, 0.2) is 18.2 Å². The van der Waals surface area contributed by atoms with Crippen LogP contribution in [0, 0.1) is 11.6 Å². The van der Waals surface area contributed by atoms with Crippen molar-refractivity contribution in [3.63, 3.8) is 0 Å². The molecule has 2 N–H and O–H groups in total. The second-order valence-corrected chi connectivity index (χ2v) is 4.16. The highest BCUT2D eigenvalue weighted by Gasteiger charge is 2.37. The number of aliphatic carboxylic acids is 2. The Morgan fingerprint density at radius 2 is 1.89 bits per heavy atom. The van der Waals surface area contributed by atoms with E-state index in [1.165, 1.54) is 6.92 Å². The second-order valence-electron chi connectivity index (χ2n) is 4.16. The molecule has 0 saturated heterocycles. The molecule has 18 heavy (non-hydrogen) atoms. The van der Waals surface area contributed by atoms with Crippen LogP contribution in [0.25, 0.3) is 0 Å². The Hall–Kier alpha value is -1.98. The Kier molecular flexibility index (Phi) is 4.00. The number of halogens is 2. The standard InChI is InChI=1S/C12H12F2O4/c1-12(11(17)18,5-4-10(15)16)8-3-2-7(13)6-9(8)14/h2-3,6H,4-5H2,1H3,(H,15,16)(H,17,18). The van der Waals surface area contributed by atoms with Gasteiger partial charge in [-0.15, -0.1) is 0 Å². The first kappa shape index (κ1) is 14.1. The first-order valence-corrected chi connectivity index (χ1v) is 5.18. The Morgan fingerprint density at radius 3 is 2.33 bits per heavy atom. The van der Waals surface area contributed by atoms with Crippen molar-refractivity contribution < 1.29 is 28.6 Å². The van der Waals surface area contributed by atoms with Crippen molar-refractivity contribution in [2.75, 3.05) is 0 Å². The van der Waals surface area contributed by atoms with Crippen LogP contribution in [0.2, 0.25) is 0 Å². The van der Waals surface area contributed by atoms with Crippen LogP contribution in [-0.4, -0.2) is 22.2 Å². The van der Waals surface area contributed by atoms with Gasteiger partial charge >= 0.3 is 11.9 Å². The van der Waals surface area contributed by atoms with Crippen LogP contribution in [0.1, 0.15) is 25.3 Å². The highest BCUT2D eigenvalue weighted by Crippen LogP contribution is 2.31. The molecule has 0 aliphatic carbocycles. The van der Waals surface area contributed by atoms with E-state index in [1.807, 2.05) is 0 Å². The van der Waals surface area contributed by atoms with Crippen molar-refractivity contribution in [2.24, 2.45) is 0 Å². The number of carbonyl (C=O) groups is 2. The molecule has 0 aliphatic heterocycles. The highest BCUT2D eigenvalue weighted by atomic mass is 19.1. The van der Waals surface area contributed by atoms with Gasteiger partial charge in [0.1, 0.15) is 11.6 Å². The molecular formula is C12H12F2O4. The predicted molar refractivity (Wildman–Crippen MR) is 58.2 cm³/mol. The third-order valence-corrected chi connectivity index (χ3v) is 2.84. The molecule has 0 radical (unpaired) electrons. The van der Waals surface area contributed by atoms with E-state index in [0.29, 0.717) is 6.07 Å². The maximum atomic E-state index is 13.6.